The van der Waals surface area contributed by atoms with Crippen molar-refractivity contribution in [3.05, 3.63) is 0 Å². The fourth-order valence-corrected chi connectivity index (χ4v) is 2.18. The molecule has 0 unspecified atom stereocenters. The van der Waals surface area contributed by atoms with Gasteiger partial charge in [-0.15, -0.1) is 0 Å². The topological polar surface area (TPSA) is 110 Å². The third kappa shape index (κ3) is 4.89. The monoisotopic (exact) mass is 301 g/mol. The molecule has 0 aromatic carbocycles. The number of amides is 2. The quantitative estimate of drug-likeness (QED) is 0.661. The number of carbonyl (C=O) groups is 3. The van der Waals surface area contributed by atoms with Gasteiger partial charge < -0.3 is 20.4 Å². The van der Waals surface area contributed by atoms with Gasteiger partial charge in [-0.1, -0.05) is 0 Å². The molecular weight excluding hydrogens is 278 g/mol. The van der Waals surface area contributed by atoms with Crippen molar-refractivity contribution in [1.82, 2.24) is 15.1 Å². The van der Waals surface area contributed by atoms with Crippen LogP contribution in [0.15, 0.2) is 0 Å². The standard InChI is InChI=1S/C13H23N3O5/c1-13(2)8-16(7-6-15(13)3)12(21)14-9(11(19)20)4-5-10(17)18/h9H,4-8H2,1-3H3,(H,14,21)(H,17,18)(H,19,20)/t9-/m0/s1. The van der Waals surface area contributed by atoms with Crippen molar-refractivity contribution in [2.75, 3.05) is 26.7 Å². The average Bonchev–Trinajstić information content (AvgIpc) is 2.36. The van der Waals surface area contributed by atoms with E-state index in [2.05, 4.69) is 10.2 Å². The van der Waals surface area contributed by atoms with Crippen molar-refractivity contribution in [3.8, 4) is 0 Å². The van der Waals surface area contributed by atoms with E-state index in [0.717, 1.165) is 0 Å². The van der Waals surface area contributed by atoms with Crippen LogP contribution in [0.3, 0.4) is 0 Å². The number of hydrogen-bond donors (Lipinski definition) is 3. The van der Waals surface area contributed by atoms with E-state index >= 15 is 0 Å². The van der Waals surface area contributed by atoms with Gasteiger partial charge in [-0.25, -0.2) is 9.59 Å². The highest BCUT2D eigenvalue weighted by Crippen LogP contribution is 2.18. The van der Waals surface area contributed by atoms with Gasteiger partial charge in [0.2, 0.25) is 0 Å². The maximum atomic E-state index is 12.1. The van der Waals surface area contributed by atoms with Gasteiger partial charge in [0.25, 0.3) is 0 Å². The third-order valence-corrected chi connectivity index (χ3v) is 3.85. The number of urea groups is 1. The summed E-state index contributed by atoms with van der Waals surface area (Å²) in [6, 6.07) is -1.65. The molecule has 1 aliphatic rings. The maximum Gasteiger partial charge on any atom is 0.326 e. The van der Waals surface area contributed by atoms with Crippen molar-refractivity contribution >= 4 is 18.0 Å². The summed E-state index contributed by atoms with van der Waals surface area (Å²) in [7, 11) is 1.97. The van der Waals surface area contributed by atoms with Gasteiger partial charge in [-0.2, -0.15) is 0 Å². The van der Waals surface area contributed by atoms with Crippen molar-refractivity contribution in [2.45, 2.75) is 38.3 Å². The molecule has 1 saturated heterocycles. The first kappa shape index (κ1) is 17.2. The van der Waals surface area contributed by atoms with Crippen LogP contribution >= 0.6 is 0 Å². The van der Waals surface area contributed by atoms with Crippen molar-refractivity contribution in [3.63, 3.8) is 0 Å². The van der Waals surface area contributed by atoms with Crippen LogP contribution in [-0.2, 0) is 9.59 Å². The Morgan fingerprint density at radius 2 is 1.86 bits per heavy atom. The highest BCUT2D eigenvalue weighted by molar-refractivity contribution is 5.83. The molecule has 2 amide bonds. The highest BCUT2D eigenvalue weighted by atomic mass is 16.4. The summed E-state index contributed by atoms with van der Waals surface area (Å²) in [5.74, 6) is -2.31. The van der Waals surface area contributed by atoms with E-state index in [9.17, 15) is 14.4 Å². The van der Waals surface area contributed by atoms with E-state index < -0.39 is 24.0 Å². The van der Waals surface area contributed by atoms with Crippen LogP contribution in [0.25, 0.3) is 0 Å². The van der Waals surface area contributed by atoms with Crippen LogP contribution in [-0.4, -0.2) is 76.2 Å². The summed E-state index contributed by atoms with van der Waals surface area (Å²) >= 11 is 0. The molecular formula is C13H23N3O5. The number of rotatable bonds is 5. The second kappa shape index (κ2) is 6.75. The number of nitrogens with zero attached hydrogens (tertiary/aromatic N) is 2. The lowest BCUT2D eigenvalue weighted by atomic mass is 10.00. The molecule has 1 atom stereocenters. The molecule has 21 heavy (non-hydrogen) atoms. The van der Waals surface area contributed by atoms with E-state index in [1.807, 2.05) is 20.9 Å². The number of carboxylic acids is 2. The number of likely N-dealkylation sites (N-methyl/N-ethyl adjacent to an activating group) is 1. The molecule has 0 saturated carbocycles. The van der Waals surface area contributed by atoms with Gasteiger partial charge in [0.1, 0.15) is 6.04 Å². The SMILES string of the molecule is CN1CCN(C(=O)N[C@@H](CCC(=O)O)C(=O)O)CC1(C)C. The van der Waals surface area contributed by atoms with E-state index in [0.29, 0.717) is 19.6 Å². The van der Waals surface area contributed by atoms with Crippen LogP contribution in [0.2, 0.25) is 0 Å². The Hall–Kier alpha value is -1.83. The lowest BCUT2D eigenvalue weighted by molar-refractivity contribution is -0.140. The highest BCUT2D eigenvalue weighted by Gasteiger charge is 2.34. The van der Waals surface area contributed by atoms with Crippen molar-refractivity contribution in [1.29, 1.82) is 0 Å². The van der Waals surface area contributed by atoms with Gasteiger partial charge in [0.05, 0.1) is 0 Å². The molecule has 1 aliphatic heterocycles. The molecule has 1 heterocycles. The van der Waals surface area contributed by atoms with Gasteiger partial charge >= 0.3 is 18.0 Å². The minimum absolute atomic E-state index is 0.131. The van der Waals surface area contributed by atoms with E-state index in [4.69, 9.17) is 10.2 Å². The number of carbonyl (C=O) groups excluding carboxylic acids is 1. The molecule has 0 bridgehead atoms. The maximum absolute atomic E-state index is 12.1. The first-order valence-electron chi connectivity index (χ1n) is 6.85. The summed E-state index contributed by atoms with van der Waals surface area (Å²) in [5.41, 5.74) is -0.185. The normalized spacial score (nSPS) is 19.9. The van der Waals surface area contributed by atoms with Crippen LogP contribution in [0.4, 0.5) is 4.79 Å². The van der Waals surface area contributed by atoms with Crippen molar-refractivity contribution < 1.29 is 24.6 Å². The van der Waals surface area contributed by atoms with Crippen LogP contribution in [0, 0.1) is 0 Å². The summed E-state index contributed by atoms with van der Waals surface area (Å²) < 4.78 is 0. The molecule has 1 rings (SSSR count). The second-order valence-electron chi connectivity index (χ2n) is 5.93. The molecule has 1 fully saturated rings. The Morgan fingerprint density at radius 3 is 2.33 bits per heavy atom. The zero-order valence-electron chi connectivity index (χ0n) is 12.6. The molecule has 0 radical (unpaired) electrons. The second-order valence-corrected chi connectivity index (χ2v) is 5.93. The van der Waals surface area contributed by atoms with Crippen LogP contribution in [0.5, 0.6) is 0 Å². The molecule has 0 aromatic rings. The Balaban J connectivity index is 2.61. The first-order chi connectivity index (χ1) is 9.63. The Bertz CT molecular complexity index is 424. The molecule has 3 N–H and O–H groups in total. The van der Waals surface area contributed by atoms with Crippen LogP contribution in [0.1, 0.15) is 26.7 Å². The van der Waals surface area contributed by atoms with Crippen LogP contribution < -0.4 is 5.32 Å². The largest absolute Gasteiger partial charge is 0.481 e. The molecule has 120 valence electrons. The minimum Gasteiger partial charge on any atom is -0.481 e. The average molecular weight is 301 g/mol. The Kier molecular flexibility index (Phi) is 5.54. The summed E-state index contributed by atoms with van der Waals surface area (Å²) in [6.45, 7) is 5.71. The molecule has 0 aromatic heterocycles. The van der Waals surface area contributed by atoms with E-state index in [1.165, 1.54) is 0 Å². The lowest BCUT2D eigenvalue weighted by Gasteiger charge is -2.45. The zero-order chi connectivity index (χ0) is 16.2. The summed E-state index contributed by atoms with van der Waals surface area (Å²) in [5, 5.41) is 20.0. The fourth-order valence-electron chi connectivity index (χ4n) is 2.18. The van der Waals surface area contributed by atoms with E-state index in [1.54, 1.807) is 4.90 Å². The third-order valence-electron chi connectivity index (χ3n) is 3.85. The first-order valence-corrected chi connectivity index (χ1v) is 6.85. The number of piperazine rings is 1. The minimum atomic E-state index is -1.22. The number of carboxylic acid groups (broad SMARTS) is 2. The Morgan fingerprint density at radius 1 is 1.24 bits per heavy atom. The smallest absolute Gasteiger partial charge is 0.326 e. The summed E-state index contributed by atoms with van der Waals surface area (Å²) in [6.07, 6.45) is -0.432. The van der Waals surface area contributed by atoms with Gasteiger partial charge in [-0.3, -0.25) is 9.69 Å². The van der Waals surface area contributed by atoms with E-state index in [-0.39, 0.29) is 18.4 Å². The van der Waals surface area contributed by atoms with Crippen molar-refractivity contribution in [2.24, 2.45) is 0 Å². The van der Waals surface area contributed by atoms with Gasteiger partial charge in [0.15, 0.2) is 0 Å². The molecule has 0 spiro atoms. The zero-order valence-corrected chi connectivity index (χ0v) is 12.6. The number of nitrogens with one attached hydrogen (secondary N) is 1. The molecule has 8 heteroatoms. The predicted molar refractivity (Wildman–Crippen MR) is 75.1 cm³/mol. The molecule has 8 nitrogen and oxygen atoms in total. The lowest BCUT2D eigenvalue weighted by Crippen LogP contribution is -2.61. The fraction of sp³-hybridized carbons (Fsp3) is 0.769. The van der Waals surface area contributed by atoms with Gasteiger partial charge in [-0.05, 0) is 27.3 Å². The Labute approximate surface area is 123 Å². The number of aliphatic carboxylic acids is 2. The number of hydrogen-bond acceptors (Lipinski definition) is 4. The summed E-state index contributed by atoms with van der Waals surface area (Å²) in [4.78, 5) is 37.4. The molecule has 0 aliphatic carbocycles. The predicted octanol–water partition coefficient (Wildman–Crippen LogP) is 0.0400. The van der Waals surface area contributed by atoms with Gasteiger partial charge in [0, 0.05) is 31.6 Å².